The van der Waals surface area contributed by atoms with E-state index in [1.807, 2.05) is 12.1 Å². The van der Waals surface area contributed by atoms with Crippen LogP contribution in [0.25, 0.3) is 0 Å². The van der Waals surface area contributed by atoms with E-state index in [0.29, 0.717) is 42.4 Å². The molecule has 2 N–H and O–H groups in total. The lowest BCUT2D eigenvalue weighted by Gasteiger charge is -2.11. The molecule has 1 aliphatic heterocycles. The Labute approximate surface area is 158 Å². The summed E-state index contributed by atoms with van der Waals surface area (Å²) in [6.07, 6.45) is 1.92. The Morgan fingerprint density at radius 3 is 2.56 bits per heavy atom. The van der Waals surface area contributed by atoms with Crippen molar-refractivity contribution in [2.45, 2.75) is 19.8 Å². The lowest BCUT2D eigenvalue weighted by molar-refractivity contribution is 0.0954. The molecule has 2 amide bonds. The van der Waals surface area contributed by atoms with E-state index in [9.17, 15) is 9.59 Å². The quantitative estimate of drug-likeness (QED) is 0.739. The van der Waals surface area contributed by atoms with E-state index in [1.165, 1.54) is 0 Å². The van der Waals surface area contributed by atoms with Gasteiger partial charge in [0, 0.05) is 17.7 Å². The second-order valence-electron chi connectivity index (χ2n) is 6.22. The topological polar surface area (TPSA) is 79.8 Å². The summed E-state index contributed by atoms with van der Waals surface area (Å²) in [6.45, 7) is 3.94. The highest BCUT2D eigenvalue weighted by Gasteiger charge is 2.15. The molecule has 0 aromatic heterocycles. The minimum atomic E-state index is -0.273. The Hall–Kier alpha value is -3.15. The van der Waals surface area contributed by atoms with Crippen molar-refractivity contribution >= 4 is 23.4 Å². The van der Waals surface area contributed by atoms with Crippen molar-refractivity contribution in [3.8, 4) is 0 Å². The molecule has 0 atom stereocenters. The summed E-state index contributed by atoms with van der Waals surface area (Å²) < 4.78 is 5.42. The minimum Gasteiger partial charge on any atom is -0.476 e. The summed E-state index contributed by atoms with van der Waals surface area (Å²) in [4.78, 5) is 29.2. The third-order valence-corrected chi connectivity index (χ3v) is 4.22. The van der Waals surface area contributed by atoms with E-state index < -0.39 is 0 Å². The fourth-order valence-electron chi connectivity index (χ4n) is 2.73. The van der Waals surface area contributed by atoms with Gasteiger partial charge in [0.2, 0.25) is 5.90 Å². The smallest absolute Gasteiger partial charge is 0.255 e. The molecule has 27 heavy (non-hydrogen) atoms. The maximum absolute atomic E-state index is 12.6. The van der Waals surface area contributed by atoms with Crippen molar-refractivity contribution in [1.82, 2.24) is 5.32 Å². The first-order valence-electron chi connectivity index (χ1n) is 9.15. The van der Waals surface area contributed by atoms with E-state index in [4.69, 9.17) is 4.74 Å². The van der Waals surface area contributed by atoms with Gasteiger partial charge in [-0.15, -0.1) is 0 Å². The molecule has 0 spiro atoms. The van der Waals surface area contributed by atoms with Crippen LogP contribution in [0.15, 0.2) is 53.5 Å². The number of carbonyl (C=O) groups is 2. The van der Waals surface area contributed by atoms with Crippen molar-refractivity contribution in [3.63, 3.8) is 0 Å². The fraction of sp³-hybridized carbons (Fsp3) is 0.286. The monoisotopic (exact) mass is 365 g/mol. The Morgan fingerprint density at radius 1 is 1.07 bits per heavy atom. The molecule has 2 aromatic rings. The molecule has 140 valence electrons. The molecule has 6 nitrogen and oxygen atoms in total. The largest absolute Gasteiger partial charge is 0.476 e. The predicted molar refractivity (Wildman–Crippen MR) is 105 cm³/mol. The van der Waals surface area contributed by atoms with E-state index in [0.717, 1.165) is 18.4 Å². The molecule has 0 bridgehead atoms. The van der Waals surface area contributed by atoms with Crippen molar-refractivity contribution in [2.24, 2.45) is 4.99 Å². The standard InChI is InChI=1S/C21H23N3O3/c1-2-3-12-22-20(26)17-6-4-5-7-18(17)24-19(25)15-8-10-16(11-9-15)21-23-13-14-27-21/h4-11H,2-3,12-14H2,1H3,(H,22,26)(H,24,25). The maximum Gasteiger partial charge on any atom is 0.255 e. The first-order valence-corrected chi connectivity index (χ1v) is 9.15. The van der Waals surface area contributed by atoms with E-state index in [2.05, 4.69) is 22.5 Å². The Kier molecular flexibility index (Phi) is 6.20. The highest BCUT2D eigenvalue weighted by Crippen LogP contribution is 2.17. The molecule has 0 aliphatic carbocycles. The molecule has 0 saturated carbocycles. The van der Waals surface area contributed by atoms with Crippen molar-refractivity contribution in [3.05, 3.63) is 65.2 Å². The summed E-state index contributed by atoms with van der Waals surface area (Å²) >= 11 is 0. The molecule has 1 heterocycles. The average molecular weight is 365 g/mol. The molecule has 0 fully saturated rings. The summed E-state index contributed by atoms with van der Waals surface area (Å²) in [5, 5.41) is 5.70. The number of rotatable bonds is 7. The van der Waals surface area contributed by atoms with Crippen LogP contribution in [0.3, 0.4) is 0 Å². The van der Waals surface area contributed by atoms with Gasteiger partial charge in [0.25, 0.3) is 11.8 Å². The third kappa shape index (κ3) is 4.73. The molecule has 0 unspecified atom stereocenters. The van der Waals surface area contributed by atoms with E-state index >= 15 is 0 Å². The molecular formula is C21H23N3O3. The van der Waals surface area contributed by atoms with Crippen LogP contribution < -0.4 is 10.6 Å². The zero-order valence-corrected chi connectivity index (χ0v) is 15.3. The number of aliphatic imine (C=N–C) groups is 1. The van der Waals surface area contributed by atoms with E-state index in [1.54, 1.807) is 36.4 Å². The van der Waals surface area contributed by atoms with Gasteiger partial charge < -0.3 is 15.4 Å². The average Bonchev–Trinajstić information content (AvgIpc) is 3.23. The minimum absolute atomic E-state index is 0.189. The van der Waals surface area contributed by atoms with Gasteiger partial charge in [-0.1, -0.05) is 25.5 Å². The van der Waals surface area contributed by atoms with Gasteiger partial charge in [0.05, 0.1) is 17.8 Å². The number of nitrogens with one attached hydrogen (secondary N) is 2. The number of para-hydroxylation sites is 1. The number of hydrogen-bond donors (Lipinski definition) is 2. The molecule has 6 heteroatoms. The van der Waals surface area contributed by atoms with Gasteiger partial charge in [-0.25, -0.2) is 4.99 Å². The van der Waals surface area contributed by atoms with Gasteiger partial charge in [-0.05, 0) is 42.8 Å². The second-order valence-corrected chi connectivity index (χ2v) is 6.22. The molecular weight excluding hydrogens is 342 g/mol. The Bertz CT molecular complexity index is 844. The van der Waals surface area contributed by atoms with Gasteiger partial charge in [0.1, 0.15) is 6.61 Å². The van der Waals surface area contributed by atoms with Crippen LogP contribution in [0.4, 0.5) is 5.69 Å². The SMILES string of the molecule is CCCCNC(=O)c1ccccc1NC(=O)c1ccc(C2=NCCO2)cc1. The zero-order valence-electron chi connectivity index (χ0n) is 15.3. The van der Waals surface area contributed by atoms with Crippen LogP contribution in [-0.2, 0) is 4.74 Å². The number of unbranched alkanes of at least 4 members (excludes halogenated alkanes) is 1. The highest BCUT2D eigenvalue weighted by molar-refractivity contribution is 6.09. The molecule has 3 rings (SSSR count). The molecule has 1 aliphatic rings. The Balaban J connectivity index is 1.69. The Morgan fingerprint density at radius 2 is 1.85 bits per heavy atom. The third-order valence-electron chi connectivity index (χ3n) is 4.22. The van der Waals surface area contributed by atoms with Gasteiger partial charge >= 0.3 is 0 Å². The number of hydrogen-bond acceptors (Lipinski definition) is 4. The number of amides is 2. The second kappa shape index (κ2) is 8.98. The van der Waals surface area contributed by atoms with Crippen LogP contribution >= 0.6 is 0 Å². The first-order chi connectivity index (χ1) is 13.2. The van der Waals surface area contributed by atoms with Crippen molar-refractivity contribution in [1.29, 1.82) is 0 Å². The first kappa shape index (κ1) is 18.6. The zero-order chi connectivity index (χ0) is 19.1. The predicted octanol–water partition coefficient (Wildman–Crippen LogP) is 3.25. The van der Waals surface area contributed by atoms with Gasteiger partial charge in [-0.2, -0.15) is 0 Å². The van der Waals surface area contributed by atoms with Crippen LogP contribution in [0.2, 0.25) is 0 Å². The summed E-state index contributed by atoms with van der Waals surface area (Å²) in [5.41, 5.74) is 2.29. The van der Waals surface area contributed by atoms with Gasteiger partial charge in [-0.3, -0.25) is 9.59 Å². The highest BCUT2D eigenvalue weighted by atomic mass is 16.5. The lowest BCUT2D eigenvalue weighted by Crippen LogP contribution is -2.26. The fourth-order valence-corrected chi connectivity index (χ4v) is 2.73. The molecule has 0 saturated heterocycles. The van der Waals surface area contributed by atoms with Crippen molar-refractivity contribution in [2.75, 3.05) is 25.0 Å². The number of anilines is 1. The number of nitrogens with zero attached hydrogens (tertiary/aromatic N) is 1. The van der Waals surface area contributed by atoms with Crippen LogP contribution in [-0.4, -0.2) is 37.4 Å². The van der Waals surface area contributed by atoms with Crippen LogP contribution in [0.5, 0.6) is 0 Å². The maximum atomic E-state index is 12.6. The van der Waals surface area contributed by atoms with Crippen LogP contribution in [0.1, 0.15) is 46.0 Å². The van der Waals surface area contributed by atoms with Crippen molar-refractivity contribution < 1.29 is 14.3 Å². The van der Waals surface area contributed by atoms with E-state index in [-0.39, 0.29) is 11.8 Å². The number of ether oxygens (including phenoxy) is 1. The van der Waals surface area contributed by atoms with Crippen LogP contribution in [0, 0.1) is 0 Å². The summed E-state index contributed by atoms with van der Waals surface area (Å²) in [6, 6.07) is 14.1. The summed E-state index contributed by atoms with van der Waals surface area (Å²) in [5.74, 6) is 0.145. The lowest BCUT2D eigenvalue weighted by atomic mass is 10.1. The number of carbonyl (C=O) groups excluding carboxylic acids is 2. The van der Waals surface area contributed by atoms with Gasteiger partial charge in [0.15, 0.2) is 0 Å². The normalized spacial score (nSPS) is 12.9. The molecule has 0 radical (unpaired) electrons. The summed E-state index contributed by atoms with van der Waals surface area (Å²) in [7, 11) is 0. The number of benzene rings is 2. The molecule has 2 aromatic carbocycles.